The average molecular weight is 681 g/mol. The van der Waals surface area contributed by atoms with E-state index in [4.69, 9.17) is 18.1 Å². The van der Waals surface area contributed by atoms with Crippen LogP contribution in [0.1, 0.15) is 20.6 Å². The molecule has 2 heterocycles. The molecule has 0 saturated carbocycles. The van der Waals surface area contributed by atoms with Crippen LogP contribution >= 0.6 is 0 Å². The molecule has 52 heavy (non-hydrogen) atoms. The van der Waals surface area contributed by atoms with Crippen molar-refractivity contribution in [2.24, 2.45) is 0 Å². The summed E-state index contributed by atoms with van der Waals surface area (Å²) >= 11 is 0. The van der Waals surface area contributed by atoms with Gasteiger partial charge in [0.1, 0.15) is 11.2 Å². The molecule has 0 aliphatic carbocycles. The standard InChI is InChI=1S/C48H31N3O/c1-4-12-33(13-5-1)46-47(34-14-6-2-7-15-34)50-48-40-27-22-35(30-36(40)23-28-43(48)49-46)32-20-24-38(25-21-32)51(37-16-8-3-9-17-37)39-26-29-45-42(31-39)41-18-10-11-19-44(41)52-45/h1-31H/i1D,2D,4D,5D,6D,7D,12D,13D,14D,15D,22D,23D,27D,28D,30D. The van der Waals surface area contributed by atoms with Gasteiger partial charge in [0.05, 0.1) is 43.0 Å². The molecule has 244 valence electrons. The molecule has 0 atom stereocenters. The Morgan fingerprint density at radius 1 is 0.462 bits per heavy atom. The fraction of sp³-hybridized carbons (Fsp3) is 0. The second-order valence-electron chi connectivity index (χ2n) is 11.9. The van der Waals surface area contributed by atoms with Crippen molar-refractivity contribution < 1.29 is 25.0 Å². The van der Waals surface area contributed by atoms with Gasteiger partial charge < -0.3 is 9.32 Å². The summed E-state index contributed by atoms with van der Waals surface area (Å²) in [5.41, 5.74) is 1.25. The molecule has 0 saturated heterocycles. The first-order valence-electron chi connectivity index (χ1n) is 23.8. The lowest BCUT2D eigenvalue weighted by atomic mass is 9.99. The minimum absolute atomic E-state index is 0.0246. The van der Waals surface area contributed by atoms with E-state index in [0.29, 0.717) is 5.56 Å². The Bertz CT molecular complexity index is 3710. The van der Waals surface area contributed by atoms with Crippen molar-refractivity contribution >= 4 is 60.8 Å². The minimum atomic E-state index is -0.768. The van der Waals surface area contributed by atoms with E-state index in [1.54, 1.807) is 12.1 Å². The van der Waals surface area contributed by atoms with Crippen molar-refractivity contribution in [3.05, 3.63) is 188 Å². The van der Waals surface area contributed by atoms with E-state index >= 15 is 0 Å². The molecule has 0 unspecified atom stereocenters. The zero-order valence-electron chi connectivity index (χ0n) is 42.0. The fourth-order valence-corrected chi connectivity index (χ4v) is 6.38. The van der Waals surface area contributed by atoms with Crippen LogP contribution in [0, 0.1) is 0 Å². The normalized spacial score (nSPS) is 15.5. The maximum atomic E-state index is 9.51. The summed E-state index contributed by atoms with van der Waals surface area (Å²) in [6.07, 6.45) is 0. The molecule has 4 heteroatoms. The number of aromatic nitrogens is 2. The third kappa shape index (κ3) is 5.17. The molecular weight excluding hydrogens is 635 g/mol. The van der Waals surface area contributed by atoms with Crippen LogP contribution in [0.3, 0.4) is 0 Å². The summed E-state index contributed by atoms with van der Waals surface area (Å²) in [6.45, 7) is 0. The molecule has 0 fully saturated rings. The van der Waals surface area contributed by atoms with Crippen molar-refractivity contribution in [2.45, 2.75) is 0 Å². The molecule has 0 aliphatic rings. The molecule has 8 aromatic carbocycles. The Morgan fingerprint density at radius 2 is 1.12 bits per heavy atom. The Hall–Kier alpha value is -7.04. The Labute approximate surface area is 322 Å². The van der Waals surface area contributed by atoms with Gasteiger partial charge in [-0.1, -0.05) is 127 Å². The number of furan rings is 1. The Kier molecular flexibility index (Phi) is 4.35. The summed E-state index contributed by atoms with van der Waals surface area (Å²) in [7, 11) is 0. The number of hydrogen-bond donors (Lipinski definition) is 0. The van der Waals surface area contributed by atoms with E-state index in [-0.39, 0.29) is 27.9 Å². The van der Waals surface area contributed by atoms with Crippen LogP contribution in [0.25, 0.3) is 77.4 Å². The number of nitrogens with zero attached hydrogens (tertiary/aromatic N) is 3. The van der Waals surface area contributed by atoms with Crippen molar-refractivity contribution in [1.29, 1.82) is 0 Å². The molecule has 0 radical (unpaired) electrons. The average Bonchev–Trinajstić information content (AvgIpc) is 3.71. The van der Waals surface area contributed by atoms with Gasteiger partial charge in [-0.2, -0.15) is 0 Å². The lowest BCUT2D eigenvalue weighted by Gasteiger charge is -2.25. The van der Waals surface area contributed by atoms with Gasteiger partial charge in [-0.3, -0.25) is 0 Å². The summed E-state index contributed by atoms with van der Waals surface area (Å²) in [4.78, 5) is 11.2. The molecule has 0 bridgehead atoms. The van der Waals surface area contributed by atoms with Crippen LogP contribution in [0.5, 0.6) is 0 Å². The predicted molar refractivity (Wildman–Crippen MR) is 215 cm³/mol. The maximum Gasteiger partial charge on any atom is 0.135 e. The molecule has 4 nitrogen and oxygen atoms in total. The van der Waals surface area contributed by atoms with E-state index in [9.17, 15) is 6.85 Å². The number of para-hydroxylation sites is 2. The van der Waals surface area contributed by atoms with Gasteiger partial charge >= 0.3 is 0 Å². The summed E-state index contributed by atoms with van der Waals surface area (Å²) in [5, 5.41) is 1.36. The SMILES string of the molecule is [2H]c1c([2H])c([2H])c(-c2nc3c([2H])c([2H])c4c([2H])c(-c5ccc(N(c6ccccc6)c6ccc7oc8ccccc8c7c6)cc5)c([2H])c([2H])c4c3nc2-c2c([2H])c([2H])c([2H])c([2H])c2[2H])c([2H])c1[2H]. The molecule has 0 aliphatic heterocycles. The highest BCUT2D eigenvalue weighted by atomic mass is 16.3. The van der Waals surface area contributed by atoms with Gasteiger partial charge in [0.15, 0.2) is 0 Å². The first kappa shape index (κ1) is 18.3. The molecule has 0 amide bonds. The van der Waals surface area contributed by atoms with Crippen LogP contribution in [0.4, 0.5) is 17.1 Å². The van der Waals surface area contributed by atoms with Crippen LogP contribution in [-0.4, -0.2) is 9.97 Å². The molecule has 0 N–H and O–H groups in total. The smallest absolute Gasteiger partial charge is 0.135 e. The van der Waals surface area contributed by atoms with E-state index < -0.39 is 113 Å². The number of benzene rings is 8. The molecule has 0 spiro atoms. The van der Waals surface area contributed by atoms with Crippen molar-refractivity contribution in [2.75, 3.05) is 4.90 Å². The summed E-state index contributed by atoms with van der Waals surface area (Å²) < 4.78 is 138. The monoisotopic (exact) mass is 680 g/mol. The van der Waals surface area contributed by atoms with Crippen molar-refractivity contribution in [3.8, 4) is 33.6 Å². The lowest BCUT2D eigenvalue weighted by Crippen LogP contribution is -2.09. The second kappa shape index (κ2) is 12.4. The van der Waals surface area contributed by atoms with Crippen molar-refractivity contribution in [3.63, 3.8) is 0 Å². The highest BCUT2D eigenvalue weighted by Gasteiger charge is 2.17. The van der Waals surface area contributed by atoms with Gasteiger partial charge in [-0.05, 0) is 77.1 Å². The fourth-order valence-electron chi connectivity index (χ4n) is 6.38. The van der Waals surface area contributed by atoms with Gasteiger partial charge in [-0.25, -0.2) is 9.97 Å². The third-order valence-electron chi connectivity index (χ3n) is 8.77. The molecular formula is C48H31N3O. The number of hydrogen-bond acceptors (Lipinski definition) is 4. The molecule has 2 aromatic heterocycles. The summed E-state index contributed by atoms with van der Waals surface area (Å²) in [5.74, 6) is 0. The second-order valence-corrected chi connectivity index (χ2v) is 11.9. The van der Waals surface area contributed by atoms with Gasteiger partial charge in [0.25, 0.3) is 0 Å². The first-order chi connectivity index (χ1) is 32.0. The van der Waals surface area contributed by atoms with E-state index in [1.807, 2.05) is 89.8 Å². The van der Waals surface area contributed by atoms with Crippen LogP contribution in [0.15, 0.2) is 192 Å². The van der Waals surface area contributed by atoms with E-state index in [0.717, 1.165) is 39.0 Å². The van der Waals surface area contributed by atoms with Crippen molar-refractivity contribution in [1.82, 2.24) is 9.97 Å². The van der Waals surface area contributed by atoms with Crippen LogP contribution in [0.2, 0.25) is 0 Å². The van der Waals surface area contributed by atoms with Gasteiger partial charge in [0, 0.05) is 44.3 Å². The number of anilines is 3. The lowest BCUT2D eigenvalue weighted by molar-refractivity contribution is 0.669. The Morgan fingerprint density at radius 3 is 1.88 bits per heavy atom. The molecule has 10 rings (SSSR count). The zero-order valence-corrected chi connectivity index (χ0v) is 27.0. The van der Waals surface area contributed by atoms with Gasteiger partial charge in [0.2, 0.25) is 0 Å². The van der Waals surface area contributed by atoms with E-state index in [2.05, 4.69) is 9.97 Å². The predicted octanol–water partition coefficient (Wildman–Crippen LogP) is 13.2. The quantitative estimate of drug-likeness (QED) is 0.164. The highest BCUT2D eigenvalue weighted by Crippen LogP contribution is 2.40. The molecule has 10 aromatic rings. The van der Waals surface area contributed by atoms with Crippen LogP contribution < -0.4 is 4.90 Å². The number of rotatable bonds is 6. The minimum Gasteiger partial charge on any atom is -0.456 e. The third-order valence-corrected chi connectivity index (χ3v) is 8.77. The van der Waals surface area contributed by atoms with E-state index in [1.165, 1.54) is 0 Å². The maximum absolute atomic E-state index is 9.51. The topological polar surface area (TPSA) is 42.2 Å². The highest BCUT2D eigenvalue weighted by molar-refractivity contribution is 6.08. The summed E-state index contributed by atoms with van der Waals surface area (Å²) in [6, 6.07) is 20.2. The Balaban J connectivity index is 1.19. The zero-order chi connectivity index (χ0) is 47.5. The van der Waals surface area contributed by atoms with Gasteiger partial charge in [-0.15, -0.1) is 0 Å². The number of fused-ring (bicyclic) bond motifs is 6. The van der Waals surface area contributed by atoms with Crippen LogP contribution in [-0.2, 0) is 0 Å². The largest absolute Gasteiger partial charge is 0.456 e. The first-order valence-corrected chi connectivity index (χ1v) is 16.3.